The van der Waals surface area contributed by atoms with Gasteiger partial charge in [0, 0.05) is 31.9 Å². The average molecular weight is 410 g/mol. The molecule has 2 heterocycles. The molecule has 2 aromatic heterocycles. The zero-order valence-corrected chi connectivity index (χ0v) is 16.4. The molecule has 28 heavy (non-hydrogen) atoms. The fraction of sp³-hybridized carbons (Fsp3) is 0.136. The Labute approximate surface area is 171 Å². The molecule has 0 aliphatic rings. The van der Waals surface area contributed by atoms with Gasteiger partial charge in [0.15, 0.2) is 0 Å². The van der Waals surface area contributed by atoms with Gasteiger partial charge in [-0.15, -0.1) is 0 Å². The minimum Gasteiger partial charge on any atom is -0.389 e. The molecule has 0 aliphatic carbocycles. The van der Waals surface area contributed by atoms with Crippen LogP contribution in [-0.4, -0.2) is 25.3 Å². The first kappa shape index (κ1) is 17.6. The predicted octanol–water partition coefficient (Wildman–Crippen LogP) is 5.51. The molecule has 5 aromatic rings. The molecular weight excluding hydrogens is 393 g/mol. The number of aromatic nitrogens is 3. The van der Waals surface area contributed by atoms with Gasteiger partial charge in [0.1, 0.15) is 0 Å². The molecule has 140 valence electrons. The molecule has 5 rings (SSSR count). The molecule has 0 aliphatic heterocycles. The van der Waals surface area contributed by atoms with E-state index in [2.05, 4.69) is 9.55 Å². The molecular formula is C22H17Cl2N3O. The maximum atomic E-state index is 10.9. The first-order valence-electron chi connectivity index (χ1n) is 9.05. The van der Waals surface area contributed by atoms with Crippen LogP contribution in [0.2, 0.25) is 10.0 Å². The van der Waals surface area contributed by atoms with Gasteiger partial charge in [-0.25, -0.2) is 4.98 Å². The SMILES string of the molecule is O[C@@H](Cn1cnc2ccccc21)Cn1c2ccc(Cl)cc2c2cc(Cl)ccc21. The van der Waals surface area contributed by atoms with E-state index in [0.29, 0.717) is 23.1 Å². The average Bonchev–Trinajstić information content (AvgIpc) is 3.21. The summed E-state index contributed by atoms with van der Waals surface area (Å²) in [5.74, 6) is 0. The third kappa shape index (κ3) is 2.94. The Balaban J connectivity index is 1.55. The topological polar surface area (TPSA) is 43.0 Å². The van der Waals surface area contributed by atoms with E-state index in [4.69, 9.17) is 23.2 Å². The maximum absolute atomic E-state index is 10.9. The van der Waals surface area contributed by atoms with Crippen LogP contribution in [0.25, 0.3) is 32.8 Å². The van der Waals surface area contributed by atoms with Crippen molar-refractivity contribution in [2.45, 2.75) is 19.2 Å². The fourth-order valence-corrected chi connectivity index (χ4v) is 4.24. The lowest BCUT2D eigenvalue weighted by Gasteiger charge is -2.15. The smallest absolute Gasteiger partial charge is 0.0959 e. The Hall–Kier alpha value is -2.53. The number of halogens is 2. The van der Waals surface area contributed by atoms with Gasteiger partial charge in [0.05, 0.1) is 36.6 Å². The molecule has 0 bridgehead atoms. The summed E-state index contributed by atoms with van der Waals surface area (Å²) in [7, 11) is 0. The van der Waals surface area contributed by atoms with Crippen molar-refractivity contribution < 1.29 is 5.11 Å². The molecule has 0 fully saturated rings. The van der Waals surface area contributed by atoms with E-state index in [1.807, 2.05) is 65.2 Å². The third-order valence-corrected chi connectivity index (χ3v) is 5.59. The fourth-order valence-electron chi connectivity index (χ4n) is 3.90. The van der Waals surface area contributed by atoms with Crippen LogP contribution in [0.1, 0.15) is 0 Å². The van der Waals surface area contributed by atoms with Crippen LogP contribution in [0.15, 0.2) is 67.0 Å². The number of rotatable bonds is 4. The highest BCUT2D eigenvalue weighted by Gasteiger charge is 2.16. The summed E-state index contributed by atoms with van der Waals surface area (Å²) < 4.78 is 4.11. The lowest BCUT2D eigenvalue weighted by atomic mass is 10.1. The van der Waals surface area contributed by atoms with Crippen LogP contribution in [0.4, 0.5) is 0 Å². The molecule has 1 N–H and O–H groups in total. The highest BCUT2D eigenvalue weighted by molar-refractivity contribution is 6.33. The maximum Gasteiger partial charge on any atom is 0.0959 e. The molecule has 0 radical (unpaired) electrons. The second kappa shape index (κ2) is 6.82. The Morgan fingerprint density at radius 1 is 0.821 bits per heavy atom. The first-order chi connectivity index (χ1) is 13.6. The van der Waals surface area contributed by atoms with E-state index in [9.17, 15) is 5.11 Å². The minimum absolute atomic E-state index is 0.454. The van der Waals surface area contributed by atoms with Crippen molar-refractivity contribution in [1.82, 2.24) is 14.1 Å². The van der Waals surface area contributed by atoms with Crippen LogP contribution < -0.4 is 0 Å². The number of imidazole rings is 1. The second-order valence-corrected chi connectivity index (χ2v) is 7.85. The van der Waals surface area contributed by atoms with Gasteiger partial charge in [-0.1, -0.05) is 35.3 Å². The molecule has 0 spiro atoms. The van der Waals surface area contributed by atoms with Crippen LogP contribution in [0, 0.1) is 0 Å². The quantitative estimate of drug-likeness (QED) is 0.425. The lowest BCUT2D eigenvalue weighted by Crippen LogP contribution is -2.21. The number of aliphatic hydroxyl groups is 1. The highest BCUT2D eigenvalue weighted by atomic mass is 35.5. The van der Waals surface area contributed by atoms with E-state index in [-0.39, 0.29) is 0 Å². The Kier molecular flexibility index (Phi) is 4.27. The van der Waals surface area contributed by atoms with Crippen molar-refractivity contribution in [3.8, 4) is 0 Å². The Morgan fingerprint density at radius 3 is 2.14 bits per heavy atom. The Morgan fingerprint density at radius 2 is 1.46 bits per heavy atom. The molecule has 3 aromatic carbocycles. The molecule has 0 saturated heterocycles. The van der Waals surface area contributed by atoms with Gasteiger partial charge in [-0.05, 0) is 48.5 Å². The highest BCUT2D eigenvalue weighted by Crippen LogP contribution is 2.33. The number of benzene rings is 3. The van der Waals surface area contributed by atoms with Gasteiger partial charge >= 0.3 is 0 Å². The van der Waals surface area contributed by atoms with Gasteiger partial charge in [0.25, 0.3) is 0 Å². The number of fused-ring (bicyclic) bond motifs is 4. The van der Waals surface area contributed by atoms with Crippen LogP contribution in [0.3, 0.4) is 0 Å². The van der Waals surface area contributed by atoms with Gasteiger partial charge in [0.2, 0.25) is 0 Å². The van der Waals surface area contributed by atoms with E-state index in [1.54, 1.807) is 6.33 Å². The summed E-state index contributed by atoms with van der Waals surface area (Å²) in [5, 5.41) is 14.3. The van der Waals surface area contributed by atoms with E-state index < -0.39 is 6.10 Å². The number of para-hydroxylation sites is 2. The summed E-state index contributed by atoms with van der Waals surface area (Å²) in [6.07, 6.45) is 1.20. The lowest BCUT2D eigenvalue weighted by molar-refractivity contribution is 0.138. The third-order valence-electron chi connectivity index (χ3n) is 5.12. The molecule has 4 nitrogen and oxygen atoms in total. The zero-order valence-electron chi connectivity index (χ0n) is 14.9. The molecule has 0 amide bonds. The molecule has 6 heteroatoms. The minimum atomic E-state index is -0.581. The second-order valence-electron chi connectivity index (χ2n) is 6.97. The standard InChI is InChI=1S/C22H17Cl2N3O/c23-14-5-7-20-17(9-14)18-10-15(24)6-8-21(18)27(20)12-16(28)11-26-13-25-19-3-1-2-4-22(19)26/h1-10,13,16,28H,11-12H2/t16-/m0/s1. The van der Waals surface area contributed by atoms with Gasteiger partial charge in [-0.2, -0.15) is 0 Å². The number of hydrogen-bond acceptors (Lipinski definition) is 2. The van der Waals surface area contributed by atoms with Crippen molar-refractivity contribution >= 4 is 56.0 Å². The van der Waals surface area contributed by atoms with Crippen molar-refractivity contribution in [3.63, 3.8) is 0 Å². The normalized spacial score (nSPS) is 13.0. The number of aliphatic hydroxyl groups excluding tert-OH is 1. The predicted molar refractivity (Wildman–Crippen MR) is 115 cm³/mol. The van der Waals surface area contributed by atoms with Gasteiger partial charge in [-0.3, -0.25) is 0 Å². The molecule has 0 unspecified atom stereocenters. The monoisotopic (exact) mass is 409 g/mol. The Bertz CT molecular complexity index is 1260. The first-order valence-corrected chi connectivity index (χ1v) is 9.81. The molecule has 0 saturated carbocycles. The van der Waals surface area contributed by atoms with Crippen molar-refractivity contribution in [3.05, 3.63) is 77.0 Å². The van der Waals surface area contributed by atoms with Crippen LogP contribution >= 0.6 is 23.2 Å². The van der Waals surface area contributed by atoms with E-state index in [1.165, 1.54) is 0 Å². The summed E-state index contributed by atoms with van der Waals surface area (Å²) in [5.41, 5.74) is 3.99. The molecule has 1 atom stereocenters. The number of nitrogens with zero attached hydrogens (tertiary/aromatic N) is 3. The van der Waals surface area contributed by atoms with E-state index >= 15 is 0 Å². The number of hydrogen-bond donors (Lipinski definition) is 1. The summed E-state index contributed by atoms with van der Waals surface area (Å²) in [4.78, 5) is 4.40. The van der Waals surface area contributed by atoms with Gasteiger partial charge < -0.3 is 14.2 Å². The van der Waals surface area contributed by atoms with Crippen LogP contribution in [0.5, 0.6) is 0 Å². The summed E-state index contributed by atoms with van der Waals surface area (Å²) in [6.45, 7) is 0.915. The summed E-state index contributed by atoms with van der Waals surface area (Å²) in [6, 6.07) is 19.5. The van der Waals surface area contributed by atoms with Crippen molar-refractivity contribution in [2.75, 3.05) is 0 Å². The largest absolute Gasteiger partial charge is 0.389 e. The van der Waals surface area contributed by atoms with Crippen molar-refractivity contribution in [2.24, 2.45) is 0 Å². The van der Waals surface area contributed by atoms with Crippen LogP contribution in [-0.2, 0) is 13.1 Å². The zero-order chi connectivity index (χ0) is 19.3. The van der Waals surface area contributed by atoms with E-state index in [0.717, 1.165) is 32.8 Å². The van der Waals surface area contributed by atoms with Crippen molar-refractivity contribution in [1.29, 1.82) is 0 Å². The summed E-state index contributed by atoms with van der Waals surface area (Å²) >= 11 is 12.4.